The molecule has 0 aromatic heterocycles. The lowest BCUT2D eigenvalue weighted by Crippen LogP contribution is -2.39. The van der Waals surface area contributed by atoms with E-state index in [0.717, 1.165) is 45.4 Å². The third-order valence-electron chi connectivity index (χ3n) is 3.26. The maximum absolute atomic E-state index is 9.91. The average molecular weight is 185 g/mol. The highest BCUT2D eigenvalue weighted by Crippen LogP contribution is 2.25. The van der Waals surface area contributed by atoms with Gasteiger partial charge in [0, 0.05) is 25.2 Å². The third kappa shape index (κ3) is 2.22. The molecule has 0 bridgehead atoms. The molecular formula is C10H19NO2. The third-order valence-corrected chi connectivity index (χ3v) is 3.26. The van der Waals surface area contributed by atoms with Crippen molar-refractivity contribution in [2.45, 2.75) is 37.8 Å². The number of aliphatic hydroxyl groups is 1. The topological polar surface area (TPSA) is 41.5 Å². The van der Waals surface area contributed by atoms with E-state index in [9.17, 15) is 5.11 Å². The molecule has 3 atom stereocenters. The van der Waals surface area contributed by atoms with Crippen LogP contribution >= 0.6 is 0 Å². The first kappa shape index (κ1) is 9.44. The molecule has 0 aromatic carbocycles. The molecule has 0 spiro atoms. The molecule has 3 heteroatoms. The van der Waals surface area contributed by atoms with Gasteiger partial charge >= 0.3 is 0 Å². The minimum absolute atomic E-state index is 0.110. The molecule has 2 aliphatic heterocycles. The van der Waals surface area contributed by atoms with E-state index in [1.165, 1.54) is 0 Å². The molecule has 76 valence electrons. The van der Waals surface area contributed by atoms with Crippen LogP contribution in [0.3, 0.4) is 0 Å². The van der Waals surface area contributed by atoms with Gasteiger partial charge in [-0.05, 0) is 32.2 Å². The first-order chi connectivity index (χ1) is 6.38. The normalized spacial score (nSPS) is 41.8. The fraction of sp³-hybridized carbons (Fsp3) is 1.00. The Balaban J connectivity index is 2.03. The fourth-order valence-corrected chi connectivity index (χ4v) is 2.47. The Labute approximate surface area is 79.5 Å². The Bertz CT molecular complexity index is 161. The van der Waals surface area contributed by atoms with Crippen LogP contribution in [-0.4, -0.2) is 37.0 Å². The molecule has 3 unspecified atom stereocenters. The summed E-state index contributed by atoms with van der Waals surface area (Å²) in [7, 11) is 0. The van der Waals surface area contributed by atoms with Crippen molar-refractivity contribution in [2.24, 2.45) is 5.92 Å². The highest BCUT2D eigenvalue weighted by atomic mass is 16.5. The van der Waals surface area contributed by atoms with Gasteiger partial charge in [0.15, 0.2) is 0 Å². The summed E-state index contributed by atoms with van der Waals surface area (Å²) >= 11 is 0. The van der Waals surface area contributed by atoms with E-state index in [1.54, 1.807) is 0 Å². The average Bonchev–Trinajstić information content (AvgIpc) is 2.43. The van der Waals surface area contributed by atoms with Gasteiger partial charge in [0.25, 0.3) is 0 Å². The predicted molar refractivity (Wildman–Crippen MR) is 50.6 cm³/mol. The standard InChI is InChI=1S/C10H19NO2/c12-10-2-1-5-11-9-4-7-13-6-3-8(9)10/h8-12H,1-7H2. The summed E-state index contributed by atoms with van der Waals surface area (Å²) < 4.78 is 5.42. The van der Waals surface area contributed by atoms with Crippen molar-refractivity contribution in [2.75, 3.05) is 19.8 Å². The minimum Gasteiger partial charge on any atom is -0.393 e. The summed E-state index contributed by atoms with van der Waals surface area (Å²) in [6.45, 7) is 2.72. The summed E-state index contributed by atoms with van der Waals surface area (Å²) in [6.07, 6.45) is 4.02. The summed E-state index contributed by atoms with van der Waals surface area (Å²) in [5.41, 5.74) is 0. The van der Waals surface area contributed by atoms with Crippen molar-refractivity contribution in [1.82, 2.24) is 5.32 Å². The largest absolute Gasteiger partial charge is 0.393 e. The van der Waals surface area contributed by atoms with Gasteiger partial charge in [0.05, 0.1) is 6.10 Å². The predicted octanol–water partition coefficient (Wildman–Crippen LogP) is 0.526. The number of hydrogen-bond acceptors (Lipinski definition) is 3. The zero-order chi connectivity index (χ0) is 9.10. The van der Waals surface area contributed by atoms with E-state index in [0.29, 0.717) is 12.0 Å². The highest BCUT2D eigenvalue weighted by Gasteiger charge is 2.31. The van der Waals surface area contributed by atoms with Crippen LogP contribution in [0.5, 0.6) is 0 Å². The summed E-state index contributed by atoms with van der Waals surface area (Å²) in [4.78, 5) is 0. The van der Waals surface area contributed by atoms with Crippen LogP contribution in [0.25, 0.3) is 0 Å². The maximum Gasteiger partial charge on any atom is 0.0584 e. The monoisotopic (exact) mass is 185 g/mol. The van der Waals surface area contributed by atoms with Crippen LogP contribution in [0, 0.1) is 5.92 Å². The van der Waals surface area contributed by atoms with E-state index >= 15 is 0 Å². The first-order valence-electron chi connectivity index (χ1n) is 5.37. The van der Waals surface area contributed by atoms with Gasteiger partial charge in [-0.1, -0.05) is 0 Å². The van der Waals surface area contributed by atoms with Gasteiger partial charge in [-0.3, -0.25) is 0 Å². The molecule has 3 nitrogen and oxygen atoms in total. The first-order valence-corrected chi connectivity index (χ1v) is 5.37. The van der Waals surface area contributed by atoms with Crippen molar-refractivity contribution in [3.8, 4) is 0 Å². The quantitative estimate of drug-likeness (QED) is 0.578. The van der Waals surface area contributed by atoms with E-state index < -0.39 is 0 Å². The molecule has 0 aromatic rings. The maximum atomic E-state index is 9.91. The highest BCUT2D eigenvalue weighted by molar-refractivity contribution is 4.86. The van der Waals surface area contributed by atoms with Crippen molar-refractivity contribution in [3.63, 3.8) is 0 Å². The fourth-order valence-electron chi connectivity index (χ4n) is 2.47. The van der Waals surface area contributed by atoms with E-state index in [4.69, 9.17) is 4.74 Å². The van der Waals surface area contributed by atoms with Gasteiger partial charge in [0.2, 0.25) is 0 Å². The number of nitrogens with one attached hydrogen (secondary N) is 1. The Kier molecular flexibility index (Phi) is 3.19. The van der Waals surface area contributed by atoms with Crippen molar-refractivity contribution < 1.29 is 9.84 Å². The molecule has 0 saturated carbocycles. The Morgan fingerprint density at radius 1 is 1.15 bits per heavy atom. The zero-order valence-corrected chi connectivity index (χ0v) is 8.04. The number of hydrogen-bond donors (Lipinski definition) is 2. The second kappa shape index (κ2) is 4.40. The SMILES string of the molecule is OC1CCCNC2CCOCCC12. The number of aliphatic hydroxyl groups excluding tert-OH is 1. The summed E-state index contributed by atoms with van der Waals surface area (Å²) in [5, 5.41) is 13.4. The van der Waals surface area contributed by atoms with E-state index in [1.807, 2.05) is 0 Å². The zero-order valence-electron chi connectivity index (χ0n) is 8.04. The van der Waals surface area contributed by atoms with Gasteiger partial charge in [-0.25, -0.2) is 0 Å². The van der Waals surface area contributed by atoms with Crippen LogP contribution in [0.2, 0.25) is 0 Å². The van der Waals surface area contributed by atoms with Crippen molar-refractivity contribution >= 4 is 0 Å². The van der Waals surface area contributed by atoms with Crippen LogP contribution in [-0.2, 0) is 4.74 Å². The van der Waals surface area contributed by atoms with Crippen LogP contribution in [0.15, 0.2) is 0 Å². The molecule has 2 N–H and O–H groups in total. The Hall–Kier alpha value is -0.120. The molecule has 2 aliphatic rings. The number of ether oxygens (including phenoxy) is 1. The molecule has 0 amide bonds. The Morgan fingerprint density at radius 3 is 2.92 bits per heavy atom. The molecule has 2 saturated heterocycles. The van der Waals surface area contributed by atoms with Crippen LogP contribution in [0.4, 0.5) is 0 Å². The summed E-state index contributed by atoms with van der Waals surface area (Å²) in [6, 6.07) is 0.486. The second-order valence-corrected chi connectivity index (χ2v) is 4.12. The van der Waals surface area contributed by atoms with Gasteiger partial charge < -0.3 is 15.2 Å². The van der Waals surface area contributed by atoms with Crippen molar-refractivity contribution in [3.05, 3.63) is 0 Å². The minimum atomic E-state index is -0.110. The molecule has 2 heterocycles. The van der Waals surface area contributed by atoms with E-state index in [2.05, 4.69) is 5.32 Å². The van der Waals surface area contributed by atoms with Crippen LogP contribution < -0.4 is 5.32 Å². The smallest absolute Gasteiger partial charge is 0.0584 e. The lowest BCUT2D eigenvalue weighted by Gasteiger charge is -2.26. The molecular weight excluding hydrogens is 166 g/mol. The lowest BCUT2D eigenvalue weighted by atomic mass is 9.89. The van der Waals surface area contributed by atoms with Crippen molar-refractivity contribution in [1.29, 1.82) is 0 Å². The molecule has 2 fully saturated rings. The van der Waals surface area contributed by atoms with Gasteiger partial charge in [0.1, 0.15) is 0 Å². The second-order valence-electron chi connectivity index (χ2n) is 4.12. The molecule has 0 radical (unpaired) electrons. The number of fused-ring (bicyclic) bond motifs is 1. The van der Waals surface area contributed by atoms with Gasteiger partial charge in [-0.2, -0.15) is 0 Å². The number of rotatable bonds is 0. The molecule has 13 heavy (non-hydrogen) atoms. The molecule has 2 rings (SSSR count). The van der Waals surface area contributed by atoms with Gasteiger partial charge in [-0.15, -0.1) is 0 Å². The Morgan fingerprint density at radius 2 is 2.00 bits per heavy atom. The summed E-state index contributed by atoms with van der Waals surface area (Å²) in [5.74, 6) is 0.421. The van der Waals surface area contributed by atoms with Crippen LogP contribution in [0.1, 0.15) is 25.7 Å². The van der Waals surface area contributed by atoms with E-state index in [-0.39, 0.29) is 6.10 Å². The lowest BCUT2D eigenvalue weighted by molar-refractivity contribution is 0.0782. The molecule has 0 aliphatic carbocycles.